The van der Waals surface area contributed by atoms with Crippen molar-refractivity contribution in [2.24, 2.45) is 0 Å². The maximum Gasteiger partial charge on any atom is 0.179 e. The van der Waals surface area contributed by atoms with E-state index in [1.807, 2.05) is 17.5 Å². The van der Waals surface area contributed by atoms with E-state index in [9.17, 15) is 0 Å². The molecule has 4 heteroatoms. The lowest BCUT2D eigenvalue weighted by Gasteiger charge is -2.35. The lowest BCUT2D eigenvalue weighted by atomic mass is 10.1. The number of thiophene rings is 1. The molecule has 240 valence electrons. The lowest BCUT2D eigenvalue weighted by Crippen LogP contribution is -2.74. The molecule has 0 bridgehead atoms. The van der Waals surface area contributed by atoms with E-state index >= 15 is 0 Å². The van der Waals surface area contributed by atoms with Gasteiger partial charge in [-0.05, 0) is 57.1 Å². The van der Waals surface area contributed by atoms with Gasteiger partial charge in [-0.3, -0.25) is 4.98 Å². The van der Waals surface area contributed by atoms with Crippen molar-refractivity contribution in [1.29, 1.82) is 0 Å². The molecule has 7 aromatic carbocycles. The molecular weight excluding hydrogens is 653 g/mol. The molecule has 0 fully saturated rings. The molecule has 0 N–H and O–H groups in total. The van der Waals surface area contributed by atoms with Gasteiger partial charge in [0.15, 0.2) is 8.07 Å². The second kappa shape index (κ2) is 12.1. The Morgan fingerprint density at radius 2 is 0.980 bits per heavy atom. The summed E-state index contributed by atoms with van der Waals surface area (Å²) < 4.78 is 4.96. The number of nitrogens with zero attached hydrogens (tertiary/aromatic N) is 2. The summed E-state index contributed by atoms with van der Waals surface area (Å²) >= 11 is 1.83. The van der Waals surface area contributed by atoms with E-state index in [1.165, 1.54) is 68.4 Å². The van der Waals surface area contributed by atoms with Gasteiger partial charge in [-0.2, -0.15) is 0 Å². The van der Waals surface area contributed by atoms with Crippen molar-refractivity contribution in [3.05, 3.63) is 194 Å². The maximum absolute atomic E-state index is 5.04. The normalized spacial score (nSPS) is 11.9. The molecule has 0 saturated heterocycles. The van der Waals surface area contributed by atoms with E-state index in [4.69, 9.17) is 4.98 Å². The first-order chi connectivity index (χ1) is 25.3. The van der Waals surface area contributed by atoms with Crippen LogP contribution in [0.1, 0.15) is 0 Å². The molecule has 0 aliphatic carbocycles. The topological polar surface area (TPSA) is 17.8 Å². The summed E-state index contributed by atoms with van der Waals surface area (Å²) in [6, 6.07) is 69.4. The van der Waals surface area contributed by atoms with Crippen molar-refractivity contribution in [2.75, 3.05) is 0 Å². The molecular formula is C47H32N2SSi. The van der Waals surface area contributed by atoms with Crippen LogP contribution in [0.4, 0.5) is 0 Å². The van der Waals surface area contributed by atoms with Crippen molar-refractivity contribution < 1.29 is 0 Å². The third kappa shape index (κ3) is 4.65. The van der Waals surface area contributed by atoms with Crippen molar-refractivity contribution in [3.63, 3.8) is 0 Å². The van der Waals surface area contributed by atoms with Gasteiger partial charge in [0.1, 0.15) is 0 Å². The number of benzene rings is 7. The molecule has 3 heterocycles. The summed E-state index contributed by atoms with van der Waals surface area (Å²) in [5.74, 6) is 0. The smallest absolute Gasteiger partial charge is 0.179 e. The Kier molecular flexibility index (Phi) is 7.05. The predicted molar refractivity (Wildman–Crippen MR) is 221 cm³/mol. The first kappa shape index (κ1) is 29.8. The Bertz CT molecular complexity index is 2780. The van der Waals surface area contributed by atoms with Gasteiger partial charge in [0.25, 0.3) is 0 Å². The third-order valence-electron chi connectivity index (χ3n) is 10.4. The van der Waals surface area contributed by atoms with Crippen molar-refractivity contribution >= 4 is 82.1 Å². The molecule has 0 unspecified atom stereocenters. The number of hydrogen-bond donors (Lipinski definition) is 0. The quantitative estimate of drug-likeness (QED) is 0.126. The van der Waals surface area contributed by atoms with E-state index in [0.717, 1.165) is 11.3 Å². The fraction of sp³-hybridized carbons (Fsp3) is 0. The molecule has 0 aliphatic heterocycles. The van der Waals surface area contributed by atoms with Gasteiger partial charge in [-0.15, -0.1) is 11.3 Å². The van der Waals surface area contributed by atoms with E-state index in [1.54, 1.807) is 0 Å². The average Bonchev–Trinajstić information content (AvgIpc) is 3.76. The zero-order valence-electron chi connectivity index (χ0n) is 27.8. The van der Waals surface area contributed by atoms with Gasteiger partial charge in [0.05, 0.1) is 21.4 Å². The Balaban J connectivity index is 1.26. The summed E-state index contributed by atoms with van der Waals surface area (Å²) in [6.07, 6.45) is 1.97. The largest absolute Gasteiger partial charge is 0.309 e. The fourth-order valence-electron chi connectivity index (χ4n) is 8.21. The standard InChI is InChI=1S/C47H32N2SSi/c1-3-17-35(18-4-1)51(36-19-5-2-6-20-36,37-21-13-15-33(31-37)46-47-42(29-30-48-46)41-25-9-12-28-45(41)50-47)38-22-14-16-34(32-38)49-43-26-10-7-23-39(43)40-24-8-11-27-44(40)49/h1-32H. The zero-order valence-corrected chi connectivity index (χ0v) is 29.6. The Labute approximate surface area is 301 Å². The monoisotopic (exact) mass is 684 g/mol. The molecule has 0 radical (unpaired) electrons. The highest BCUT2D eigenvalue weighted by Crippen LogP contribution is 2.38. The second-order valence-corrected chi connectivity index (χ2v) is 18.0. The molecule has 0 atom stereocenters. The van der Waals surface area contributed by atoms with E-state index in [0.29, 0.717) is 0 Å². The van der Waals surface area contributed by atoms with Crippen LogP contribution in [0.25, 0.3) is 58.9 Å². The molecule has 3 aromatic heterocycles. The van der Waals surface area contributed by atoms with Crippen LogP contribution in [0.2, 0.25) is 0 Å². The molecule has 2 nitrogen and oxygen atoms in total. The van der Waals surface area contributed by atoms with Crippen LogP contribution in [0.15, 0.2) is 194 Å². The molecule has 0 saturated carbocycles. The van der Waals surface area contributed by atoms with E-state index in [2.05, 4.69) is 193 Å². The Morgan fingerprint density at radius 3 is 1.67 bits per heavy atom. The highest BCUT2D eigenvalue weighted by Gasteiger charge is 2.42. The van der Waals surface area contributed by atoms with Crippen LogP contribution in [0.5, 0.6) is 0 Å². The second-order valence-electron chi connectivity index (χ2n) is 13.1. The van der Waals surface area contributed by atoms with E-state index in [-0.39, 0.29) is 0 Å². The van der Waals surface area contributed by atoms with Gasteiger partial charge in [-0.1, -0.05) is 152 Å². The first-order valence-corrected chi connectivity index (χ1v) is 20.2. The van der Waals surface area contributed by atoms with Gasteiger partial charge in [0.2, 0.25) is 0 Å². The van der Waals surface area contributed by atoms with Crippen LogP contribution in [-0.4, -0.2) is 17.6 Å². The number of aromatic nitrogens is 2. The summed E-state index contributed by atoms with van der Waals surface area (Å²) in [5, 5.41) is 10.5. The number of rotatable bonds is 6. The average molecular weight is 685 g/mol. The van der Waals surface area contributed by atoms with E-state index < -0.39 is 8.07 Å². The van der Waals surface area contributed by atoms with Crippen molar-refractivity contribution in [3.8, 4) is 16.9 Å². The molecule has 0 spiro atoms. The third-order valence-corrected chi connectivity index (χ3v) is 16.3. The maximum atomic E-state index is 5.04. The summed E-state index contributed by atoms with van der Waals surface area (Å²) in [6.45, 7) is 0. The van der Waals surface area contributed by atoms with Crippen LogP contribution in [0.3, 0.4) is 0 Å². The molecule has 0 amide bonds. The first-order valence-electron chi connectivity index (χ1n) is 17.4. The Morgan fingerprint density at radius 1 is 0.431 bits per heavy atom. The zero-order chi connectivity index (χ0) is 33.8. The minimum absolute atomic E-state index is 1.04. The molecule has 10 aromatic rings. The highest BCUT2D eigenvalue weighted by atomic mass is 32.1. The number of pyridine rings is 1. The predicted octanol–water partition coefficient (Wildman–Crippen LogP) is 9.59. The van der Waals surface area contributed by atoms with Gasteiger partial charge >= 0.3 is 0 Å². The molecule has 10 rings (SSSR count). The lowest BCUT2D eigenvalue weighted by molar-refractivity contribution is 1.18. The minimum Gasteiger partial charge on any atom is -0.309 e. The van der Waals surface area contributed by atoms with Crippen molar-refractivity contribution in [2.45, 2.75) is 0 Å². The summed E-state index contributed by atoms with van der Waals surface area (Å²) in [5.41, 5.74) is 5.78. The number of fused-ring (bicyclic) bond motifs is 6. The van der Waals surface area contributed by atoms with Gasteiger partial charge < -0.3 is 4.57 Å². The number of para-hydroxylation sites is 2. The van der Waals surface area contributed by atoms with Crippen LogP contribution in [-0.2, 0) is 0 Å². The molecule has 51 heavy (non-hydrogen) atoms. The van der Waals surface area contributed by atoms with Crippen LogP contribution < -0.4 is 20.7 Å². The summed E-state index contributed by atoms with van der Waals surface area (Å²) in [4.78, 5) is 5.04. The Hall–Kier alpha value is -6.07. The number of hydrogen-bond acceptors (Lipinski definition) is 2. The van der Waals surface area contributed by atoms with Gasteiger partial charge in [0, 0.05) is 43.7 Å². The van der Waals surface area contributed by atoms with Crippen molar-refractivity contribution in [1.82, 2.24) is 9.55 Å². The van der Waals surface area contributed by atoms with Crippen LogP contribution >= 0.6 is 11.3 Å². The SMILES string of the molecule is c1ccc([Si](c2ccccc2)(c2cccc(-c3nccc4c3sc3ccccc34)c2)c2cccc(-n3c4ccccc4c4ccccc43)c2)cc1. The molecule has 0 aliphatic rings. The fourth-order valence-corrected chi connectivity index (χ4v) is 14.2. The summed E-state index contributed by atoms with van der Waals surface area (Å²) in [7, 11) is -2.88. The highest BCUT2D eigenvalue weighted by molar-refractivity contribution is 7.26. The van der Waals surface area contributed by atoms with Crippen LogP contribution in [0, 0.1) is 0 Å². The van der Waals surface area contributed by atoms with Gasteiger partial charge in [-0.25, -0.2) is 0 Å². The minimum atomic E-state index is -2.88.